The van der Waals surface area contributed by atoms with Crippen LogP contribution in [0.3, 0.4) is 0 Å². The molecule has 5 N–H and O–H groups in total. The Hall–Kier alpha value is -7.06. The van der Waals surface area contributed by atoms with Crippen molar-refractivity contribution in [3.63, 3.8) is 0 Å². The zero-order valence-corrected chi connectivity index (χ0v) is 56.7. The van der Waals surface area contributed by atoms with E-state index in [0.717, 1.165) is 134 Å². The van der Waals surface area contributed by atoms with Crippen molar-refractivity contribution < 1.29 is 79.5 Å². The molecule has 1 aliphatic heterocycles. The highest BCUT2D eigenvalue weighted by atomic mass is 35.5. The van der Waals surface area contributed by atoms with Crippen LogP contribution in [0.2, 0.25) is 19.6 Å². The molecule has 22 nitrogen and oxygen atoms in total. The van der Waals surface area contributed by atoms with E-state index in [9.17, 15) is 50.3 Å². The van der Waals surface area contributed by atoms with Gasteiger partial charge in [0.1, 0.15) is 34.8 Å². The fourth-order valence-corrected chi connectivity index (χ4v) is 11.2. The van der Waals surface area contributed by atoms with Crippen molar-refractivity contribution in [3.8, 4) is 17.8 Å². The number of hydrogen-bond donors (Lipinski definition) is 4. The Labute approximate surface area is 563 Å². The number of nitrogens with one attached hydrogen (secondary N) is 1. The average molecular weight is 1400 g/mol. The summed E-state index contributed by atoms with van der Waals surface area (Å²) in [6.07, 6.45) is 10.4. The van der Waals surface area contributed by atoms with Crippen LogP contribution in [0.4, 0.5) is 43.5 Å². The first-order valence-corrected chi connectivity index (χ1v) is 34.0. The largest absolute Gasteiger partial charge is 0.481 e. The van der Waals surface area contributed by atoms with Gasteiger partial charge in [-0.1, -0.05) is 33.6 Å². The number of carboxylic acid groups (broad SMARTS) is 1. The Balaban J connectivity index is 0.00000119. The highest BCUT2D eigenvalue weighted by Crippen LogP contribution is 2.49. The number of nitriles is 3. The number of aromatic nitrogens is 2. The predicted molar refractivity (Wildman–Crippen MR) is 349 cm³/mol. The lowest BCUT2D eigenvalue weighted by atomic mass is 9.73. The highest BCUT2D eigenvalue weighted by Gasteiger charge is 2.61. The Kier molecular flexibility index (Phi) is 37.9. The number of carboxylic acids is 1. The second-order valence-electron chi connectivity index (χ2n) is 23.5. The second kappa shape index (κ2) is 41.0. The number of alkyl halides is 6. The Morgan fingerprint density at radius 3 is 1.54 bits per heavy atom. The van der Waals surface area contributed by atoms with Gasteiger partial charge >= 0.3 is 30.3 Å². The quantitative estimate of drug-likeness (QED) is 0.0363. The first-order chi connectivity index (χ1) is 43.2. The molecule has 94 heavy (non-hydrogen) atoms. The lowest BCUT2D eigenvalue weighted by Gasteiger charge is -2.48. The number of pyridine rings is 2. The zero-order valence-electron chi connectivity index (χ0n) is 53.3. The molecule has 0 atom stereocenters. The summed E-state index contributed by atoms with van der Waals surface area (Å²) in [5.74, 6) is -1.89. The molecule has 7 fully saturated rings. The third kappa shape index (κ3) is 26.3. The third-order valence-electron chi connectivity index (χ3n) is 15.9. The summed E-state index contributed by atoms with van der Waals surface area (Å²) in [6, 6.07) is 5.93. The molecule has 0 aromatic carbocycles. The molecule has 0 radical (unpaired) electrons. The molecule has 7 aliphatic rings. The number of nitrogens with zero attached hydrogens (tertiary/aromatic N) is 9. The molecule has 9 rings (SSSR count). The Bertz CT molecular complexity index is 3070. The number of isothiocyanates is 1. The topological polar surface area (TPSA) is 329 Å². The van der Waals surface area contributed by atoms with Crippen molar-refractivity contribution in [2.45, 2.75) is 210 Å². The first-order valence-electron chi connectivity index (χ1n) is 29.7. The molecule has 32 heteroatoms. The maximum atomic E-state index is 13.5. The van der Waals surface area contributed by atoms with E-state index in [1.807, 2.05) is 29.7 Å². The lowest BCUT2D eigenvalue weighted by molar-refractivity contribution is -0.148. The number of carbonyl (C=O) groups is 6. The van der Waals surface area contributed by atoms with E-state index >= 15 is 0 Å². The van der Waals surface area contributed by atoms with Crippen molar-refractivity contribution in [3.05, 3.63) is 52.8 Å². The highest BCUT2D eigenvalue weighted by molar-refractivity contribution is 7.80. The van der Waals surface area contributed by atoms with Crippen molar-refractivity contribution >= 4 is 108 Å². The maximum absolute atomic E-state index is 13.5. The summed E-state index contributed by atoms with van der Waals surface area (Å²) in [5.41, 5.74) is 3.55. The molecule has 1 amide bonds. The summed E-state index contributed by atoms with van der Waals surface area (Å²) in [5, 5.41) is 46.3. The van der Waals surface area contributed by atoms with Crippen molar-refractivity contribution in [1.29, 1.82) is 15.8 Å². The van der Waals surface area contributed by atoms with Gasteiger partial charge in [-0.2, -0.15) is 41.9 Å². The molecule has 2 aromatic heterocycles. The molecule has 1 saturated heterocycles. The van der Waals surface area contributed by atoms with E-state index in [4.69, 9.17) is 64.8 Å². The second-order valence-corrected chi connectivity index (χ2v) is 28.7. The molecular formula is C62H86ClF6N11O11S2Si. The van der Waals surface area contributed by atoms with Crippen molar-refractivity contribution in [1.82, 2.24) is 20.2 Å². The van der Waals surface area contributed by atoms with Gasteiger partial charge in [-0.25, -0.2) is 10.2 Å². The first kappa shape index (κ1) is 86.9. The fourth-order valence-electron chi connectivity index (χ4n) is 10.6. The van der Waals surface area contributed by atoms with Crippen LogP contribution in [0.5, 0.6) is 0 Å². The minimum absolute atomic E-state index is 0. The number of methoxy groups -OCH3 is 3. The van der Waals surface area contributed by atoms with Gasteiger partial charge in [-0.05, 0) is 159 Å². The maximum Gasteiger partial charge on any atom is 0.419 e. The molecule has 2 aromatic rings. The number of hydrogen-bond acceptors (Lipinski definition) is 20. The molecule has 0 unspecified atom stereocenters. The number of aliphatic imine (C=N–C) groups is 1. The molecule has 0 bridgehead atoms. The summed E-state index contributed by atoms with van der Waals surface area (Å²) >= 11 is 9.86. The number of rotatable bonds is 8. The fraction of sp³-hybridized carbons (Fsp3) is 0.645. The van der Waals surface area contributed by atoms with E-state index in [0.29, 0.717) is 62.5 Å². The van der Waals surface area contributed by atoms with Gasteiger partial charge in [0.05, 0.1) is 73.3 Å². The monoisotopic (exact) mass is 1400 g/mol. The van der Waals surface area contributed by atoms with Gasteiger partial charge in [0, 0.05) is 50.7 Å². The number of aliphatic hydroxyl groups excluding tert-OH is 1. The van der Waals surface area contributed by atoms with Gasteiger partial charge in [0.2, 0.25) is 0 Å². The van der Waals surface area contributed by atoms with Crippen LogP contribution < -0.4 is 16.0 Å². The van der Waals surface area contributed by atoms with Crippen LogP contribution in [0.25, 0.3) is 4.85 Å². The summed E-state index contributed by atoms with van der Waals surface area (Å²) < 4.78 is 91.7. The zero-order chi connectivity index (χ0) is 69.8. The molecule has 6 aliphatic carbocycles. The number of thiocarbonyl (C=S) groups is 2. The normalized spacial score (nSPS) is 21.6. The molecule has 3 heterocycles. The number of Topliss-reactive ketones (excluding diaryl/α,β-unsaturated/α-hetero) is 1. The number of amides is 1. The van der Waals surface area contributed by atoms with E-state index in [1.54, 1.807) is 0 Å². The predicted octanol–water partition coefficient (Wildman–Crippen LogP) is 12.3. The summed E-state index contributed by atoms with van der Waals surface area (Å²) in [6.45, 7) is 13.7. The van der Waals surface area contributed by atoms with Crippen LogP contribution in [0.1, 0.15) is 166 Å². The van der Waals surface area contributed by atoms with Crippen LogP contribution in [0.15, 0.2) is 29.5 Å². The van der Waals surface area contributed by atoms with E-state index in [-0.39, 0.29) is 89.5 Å². The van der Waals surface area contributed by atoms with Crippen molar-refractivity contribution in [2.24, 2.45) is 28.5 Å². The molecule has 520 valence electrons. The number of aliphatic hydroxyl groups is 1. The van der Waals surface area contributed by atoms with Gasteiger partial charge in [0.25, 0.3) is 17.7 Å². The number of anilines is 1. The lowest BCUT2D eigenvalue weighted by Crippen LogP contribution is -2.58. The minimum Gasteiger partial charge on any atom is -0.481 e. The average Bonchev–Trinajstić information content (AvgIpc) is 1.55. The van der Waals surface area contributed by atoms with Gasteiger partial charge in [-0.3, -0.25) is 39.0 Å². The van der Waals surface area contributed by atoms with Gasteiger partial charge < -0.3 is 39.9 Å². The van der Waals surface area contributed by atoms with E-state index in [1.165, 1.54) is 27.4 Å². The molecular weight excluding hydrogens is 1320 g/mol. The van der Waals surface area contributed by atoms with Gasteiger partial charge in [0.15, 0.2) is 18.9 Å². The van der Waals surface area contributed by atoms with E-state index in [2.05, 4.69) is 53.8 Å². The molecule has 6 saturated carbocycles. The minimum atomic E-state index is -4.79. The number of ether oxygens (including phenoxy) is 3. The summed E-state index contributed by atoms with van der Waals surface area (Å²) in [4.78, 5) is 82.6. The molecule has 1 spiro atoms. The Morgan fingerprint density at radius 1 is 0.777 bits per heavy atom. The number of halogens is 7. The number of carbonyl (C=O) groups excluding carboxylic acids is 5. The number of nitrogens with two attached hydrogens (primary N) is 1. The summed E-state index contributed by atoms with van der Waals surface area (Å²) in [7, 11) is 3.92. The number of ketones is 1. The van der Waals surface area contributed by atoms with E-state index < -0.39 is 54.6 Å². The van der Waals surface area contributed by atoms with Gasteiger partial charge in [-0.15, -0.1) is 17.4 Å². The Morgan fingerprint density at radius 2 is 1.21 bits per heavy atom. The third-order valence-corrected chi connectivity index (χ3v) is 17.1. The SMILES string of the molecule is C.CC(=O)O.CO.COC(=O)C1CCC(N)CC1.COC(=O)C1CCC(N2C(=S)N(c3cnc(C#N)c(C(F)(F)F)c3)C(=O)C23CCC3)CC1.COC(=O)C1CCC(NC2(C#N)CCC2)CC1.C[Si](C)(C)C#N.Cl.O=C1CCC1.[C-]#[N+]c1ncc(N=C=S)cc1C(F)(F)F. The number of esters is 3. The van der Waals surface area contributed by atoms with Crippen LogP contribution in [-0.4, -0.2) is 137 Å². The standard InChI is InChI=1S/C21H21F3N4O3S.C13H20N2O2.C8H2F3N3S.C8H15NO2.C4H9NSi.C4H6O.C2H4O2.CH4O.CH4.ClH/c1-31-17(29)12-3-5-13(6-4-12)28-19(32)27(18(30)20(28)7-2-8-20)14-9-15(21(22,23)24)16(10-25)26-11-14;1-17-12(16)10-3-5-11(6-4-10)15-13(9-14)7-2-8-13;1-12-7-6(8(9,10)11)2-5(3-13-7)14-4-15;1-11-8(10)6-2-4-7(9)5-3-6;1-6(2,3)4-5;5-4-2-1-3-4;1-2(3)4;1-2;;/h9,11-13H,2-8H2,1H3;10-11,15H,2-8H2,1H3;2-3H;6-7H,2-5,9H2,1H3;1-3H3;1-3H2;1H3,(H,3,4);2H,1H3;1H4;1H. The van der Waals surface area contributed by atoms with Crippen LogP contribution in [-0.2, 0) is 55.3 Å². The smallest absolute Gasteiger partial charge is 0.419 e. The van der Waals surface area contributed by atoms with Crippen LogP contribution in [0, 0.1) is 57.9 Å². The van der Waals surface area contributed by atoms with Crippen LogP contribution >= 0.6 is 36.8 Å². The van der Waals surface area contributed by atoms with Crippen molar-refractivity contribution in [2.75, 3.05) is 33.3 Å². The number of aliphatic carboxylic acids is 1.